The van der Waals surface area contributed by atoms with Crippen LogP contribution in [0.25, 0.3) is 0 Å². The number of halogens is 3. The minimum absolute atomic E-state index is 0.109. The molecule has 0 saturated carbocycles. The molecule has 0 spiro atoms. The molecule has 174 valence electrons. The second-order valence-corrected chi connectivity index (χ2v) is 10.0. The minimum Gasteiger partial charge on any atom is -0.350 e. The van der Waals surface area contributed by atoms with E-state index in [4.69, 9.17) is 0 Å². The van der Waals surface area contributed by atoms with Crippen LogP contribution in [0.15, 0.2) is 29.2 Å². The van der Waals surface area contributed by atoms with Crippen molar-refractivity contribution in [2.24, 2.45) is 0 Å². The molecule has 1 aliphatic carbocycles. The number of nitrogens with one attached hydrogen (secondary N) is 1. The Balaban J connectivity index is 1.39. The fraction of sp³-hybridized carbons (Fsp3) is 0.524. The Kier molecular flexibility index (Phi) is 6.30. The van der Waals surface area contributed by atoms with Crippen molar-refractivity contribution in [2.45, 2.75) is 56.1 Å². The van der Waals surface area contributed by atoms with Crippen LogP contribution >= 0.6 is 0 Å². The van der Waals surface area contributed by atoms with Crippen LogP contribution in [0, 0.1) is 0 Å². The van der Waals surface area contributed by atoms with Crippen LogP contribution in [0.1, 0.15) is 53.0 Å². The smallest absolute Gasteiger partial charge is 0.350 e. The number of fused-ring (bicyclic) bond motifs is 1. The van der Waals surface area contributed by atoms with E-state index in [-0.39, 0.29) is 29.1 Å². The van der Waals surface area contributed by atoms with Gasteiger partial charge in [0.25, 0.3) is 5.91 Å². The summed E-state index contributed by atoms with van der Waals surface area (Å²) in [4.78, 5) is 12.6. The molecule has 1 aliphatic heterocycles. The number of benzene rings is 1. The Morgan fingerprint density at radius 3 is 2.34 bits per heavy atom. The Morgan fingerprint density at radius 1 is 1.03 bits per heavy atom. The Morgan fingerprint density at radius 2 is 1.69 bits per heavy atom. The van der Waals surface area contributed by atoms with Gasteiger partial charge in [0.15, 0.2) is 5.69 Å². The fourth-order valence-electron chi connectivity index (χ4n) is 4.32. The summed E-state index contributed by atoms with van der Waals surface area (Å²) in [5.41, 5.74) is 0.316. The van der Waals surface area contributed by atoms with E-state index in [1.54, 1.807) is 0 Å². The number of carbonyl (C=O) groups excluding carboxylic acids is 1. The number of carbonyl (C=O) groups is 1. The lowest BCUT2D eigenvalue weighted by Crippen LogP contribution is -2.29. The largest absolute Gasteiger partial charge is 0.435 e. The number of sulfonamides is 1. The first kappa shape index (κ1) is 22.8. The molecule has 0 radical (unpaired) electrons. The maximum absolute atomic E-state index is 13.3. The van der Waals surface area contributed by atoms with Crippen LogP contribution in [-0.2, 0) is 35.6 Å². The third-order valence-electron chi connectivity index (χ3n) is 5.95. The summed E-state index contributed by atoms with van der Waals surface area (Å²) in [6.07, 6.45) is -0.389. The monoisotopic (exact) mass is 470 g/mol. The Labute approximate surface area is 184 Å². The molecule has 32 heavy (non-hydrogen) atoms. The van der Waals surface area contributed by atoms with Crippen molar-refractivity contribution < 1.29 is 26.4 Å². The lowest BCUT2D eigenvalue weighted by Gasteiger charge is -2.16. The summed E-state index contributed by atoms with van der Waals surface area (Å²) < 4.78 is 67.8. The van der Waals surface area contributed by atoms with Crippen molar-refractivity contribution in [1.29, 1.82) is 0 Å². The normalized spacial score (nSPS) is 17.3. The van der Waals surface area contributed by atoms with Crippen LogP contribution in [0.3, 0.4) is 0 Å². The van der Waals surface area contributed by atoms with Crippen molar-refractivity contribution in [3.05, 3.63) is 46.8 Å². The van der Waals surface area contributed by atoms with Gasteiger partial charge in [-0.05, 0) is 62.8 Å². The molecular weight excluding hydrogens is 445 g/mol. The molecule has 4 rings (SSSR count). The fourth-order valence-corrected chi connectivity index (χ4v) is 5.83. The van der Waals surface area contributed by atoms with Gasteiger partial charge in [-0.1, -0.05) is 0 Å². The van der Waals surface area contributed by atoms with Crippen LogP contribution < -0.4 is 5.32 Å². The van der Waals surface area contributed by atoms with Gasteiger partial charge in [-0.2, -0.15) is 22.6 Å². The van der Waals surface area contributed by atoms with Gasteiger partial charge in [-0.3, -0.25) is 9.48 Å². The summed E-state index contributed by atoms with van der Waals surface area (Å²) in [5, 5.41) is 6.45. The van der Waals surface area contributed by atoms with Gasteiger partial charge in [0.1, 0.15) is 0 Å². The number of nitrogens with zero attached hydrogens (tertiary/aromatic N) is 3. The highest BCUT2D eigenvalue weighted by Crippen LogP contribution is 2.35. The molecule has 1 saturated heterocycles. The van der Waals surface area contributed by atoms with Gasteiger partial charge in [0, 0.05) is 36.5 Å². The highest BCUT2D eigenvalue weighted by Gasteiger charge is 2.39. The lowest BCUT2D eigenvalue weighted by molar-refractivity contribution is -0.142. The highest BCUT2D eigenvalue weighted by atomic mass is 32.2. The predicted molar refractivity (Wildman–Crippen MR) is 111 cm³/mol. The summed E-state index contributed by atoms with van der Waals surface area (Å²) in [7, 11) is -3.55. The van der Waals surface area contributed by atoms with Crippen molar-refractivity contribution in [3.8, 4) is 0 Å². The number of alkyl halides is 3. The van der Waals surface area contributed by atoms with E-state index in [0.717, 1.165) is 19.3 Å². The Hall–Kier alpha value is -2.40. The van der Waals surface area contributed by atoms with E-state index in [0.29, 0.717) is 38.0 Å². The first-order chi connectivity index (χ1) is 15.2. The van der Waals surface area contributed by atoms with E-state index < -0.39 is 27.8 Å². The SMILES string of the molecule is O=C(NCCn1nc(C(F)(F)F)c2c1CCCC2)c1ccc(S(=O)(=O)N2CCCC2)cc1. The van der Waals surface area contributed by atoms with Crippen molar-refractivity contribution in [2.75, 3.05) is 19.6 Å². The number of aromatic nitrogens is 2. The highest BCUT2D eigenvalue weighted by molar-refractivity contribution is 7.89. The molecule has 2 aromatic rings. The van der Waals surface area contributed by atoms with E-state index >= 15 is 0 Å². The van der Waals surface area contributed by atoms with Crippen molar-refractivity contribution in [1.82, 2.24) is 19.4 Å². The third-order valence-corrected chi connectivity index (χ3v) is 7.87. The molecule has 7 nitrogen and oxygen atoms in total. The molecule has 2 heterocycles. The maximum atomic E-state index is 13.3. The van der Waals surface area contributed by atoms with E-state index in [1.165, 1.54) is 33.3 Å². The van der Waals surface area contributed by atoms with E-state index in [9.17, 15) is 26.4 Å². The first-order valence-corrected chi connectivity index (χ1v) is 12.2. The zero-order chi connectivity index (χ0) is 22.9. The molecule has 1 aromatic carbocycles. The molecule has 0 bridgehead atoms. The van der Waals surface area contributed by atoms with Gasteiger partial charge in [-0.15, -0.1) is 0 Å². The second-order valence-electron chi connectivity index (χ2n) is 8.09. The number of hydrogen-bond acceptors (Lipinski definition) is 4. The molecule has 1 aromatic heterocycles. The van der Waals surface area contributed by atoms with Crippen LogP contribution in [0.4, 0.5) is 13.2 Å². The average Bonchev–Trinajstić information content (AvgIpc) is 3.43. The zero-order valence-corrected chi connectivity index (χ0v) is 18.3. The van der Waals surface area contributed by atoms with Crippen molar-refractivity contribution in [3.63, 3.8) is 0 Å². The molecule has 1 amide bonds. The summed E-state index contributed by atoms with van der Waals surface area (Å²) in [6, 6.07) is 5.69. The standard InChI is InChI=1S/C21H25F3N4O3S/c22-21(23,24)19-17-5-1-2-6-18(17)28(26-19)14-11-25-20(29)15-7-9-16(10-8-15)32(30,31)27-12-3-4-13-27/h7-10H,1-6,11-14H2,(H,25,29). The third kappa shape index (κ3) is 4.54. The van der Waals surface area contributed by atoms with Gasteiger partial charge in [-0.25, -0.2) is 8.42 Å². The first-order valence-electron chi connectivity index (χ1n) is 10.7. The number of amides is 1. The molecule has 1 fully saturated rings. The molecular formula is C21H25F3N4O3S. The molecule has 11 heteroatoms. The van der Waals surface area contributed by atoms with Crippen LogP contribution in [0.5, 0.6) is 0 Å². The van der Waals surface area contributed by atoms with Gasteiger partial charge in [0.05, 0.1) is 11.4 Å². The zero-order valence-electron chi connectivity index (χ0n) is 17.5. The number of hydrogen-bond donors (Lipinski definition) is 1. The number of rotatable bonds is 6. The molecule has 0 atom stereocenters. The predicted octanol–water partition coefficient (Wildman–Crippen LogP) is 3.00. The quantitative estimate of drug-likeness (QED) is 0.704. The molecule has 1 N–H and O–H groups in total. The second kappa shape index (κ2) is 8.86. The van der Waals surface area contributed by atoms with Crippen LogP contribution in [-0.4, -0.2) is 48.0 Å². The summed E-state index contributed by atoms with van der Waals surface area (Å²) in [6.45, 7) is 1.24. The molecule has 0 unspecified atom stereocenters. The minimum atomic E-state index is -4.49. The lowest BCUT2D eigenvalue weighted by atomic mass is 9.95. The van der Waals surface area contributed by atoms with E-state index in [1.807, 2.05) is 0 Å². The van der Waals surface area contributed by atoms with Gasteiger partial charge >= 0.3 is 6.18 Å². The van der Waals surface area contributed by atoms with Gasteiger partial charge in [0.2, 0.25) is 10.0 Å². The topological polar surface area (TPSA) is 84.3 Å². The van der Waals surface area contributed by atoms with Gasteiger partial charge < -0.3 is 5.32 Å². The summed E-state index contributed by atoms with van der Waals surface area (Å²) in [5.74, 6) is -0.424. The van der Waals surface area contributed by atoms with E-state index in [2.05, 4.69) is 10.4 Å². The van der Waals surface area contributed by atoms with Crippen LogP contribution in [0.2, 0.25) is 0 Å². The molecule has 2 aliphatic rings. The van der Waals surface area contributed by atoms with Crippen molar-refractivity contribution >= 4 is 15.9 Å². The summed E-state index contributed by atoms with van der Waals surface area (Å²) >= 11 is 0. The average molecular weight is 471 g/mol. The Bertz CT molecular complexity index is 1090. The maximum Gasteiger partial charge on any atom is 0.435 e.